The van der Waals surface area contributed by atoms with Crippen molar-refractivity contribution >= 4 is 34.7 Å². The van der Waals surface area contributed by atoms with E-state index in [1.165, 1.54) is 11.1 Å². The molecular weight excluding hydrogens is 514 g/mol. The molecule has 1 aromatic carbocycles. The van der Waals surface area contributed by atoms with Gasteiger partial charge in [0.1, 0.15) is 22.5 Å². The lowest BCUT2D eigenvalue weighted by Gasteiger charge is -2.38. The van der Waals surface area contributed by atoms with Crippen LogP contribution in [-0.2, 0) is 28.9 Å². The maximum atomic E-state index is 15.2. The van der Waals surface area contributed by atoms with E-state index < -0.39 is 23.3 Å². The predicted molar refractivity (Wildman–Crippen MR) is 133 cm³/mol. The third kappa shape index (κ3) is 3.97. The molecule has 0 bridgehead atoms. The van der Waals surface area contributed by atoms with Gasteiger partial charge in [-0.3, -0.25) is 9.69 Å². The molecule has 1 atom stereocenters. The van der Waals surface area contributed by atoms with Crippen molar-refractivity contribution in [3.05, 3.63) is 34.8 Å². The van der Waals surface area contributed by atoms with E-state index in [9.17, 15) is 9.59 Å². The van der Waals surface area contributed by atoms with Gasteiger partial charge >= 0.3 is 6.09 Å². The Morgan fingerprint density at radius 2 is 1.90 bits per heavy atom. The van der Waals surface area contributed by atoms with E-state index in [0.717, 1.165) is 0 Å². The summed E-state index contributed by atoms with van der Waals surface area (Å²) in [4.78, 5) is 43.5. The highest BCUT2D eigenvalue weighted by molar-refractivity contribution is 5.94. The van der Waals surface area contributed by atoms with Crippen LogP contribution in [0.1, 0.15) is 29.8 Å². The first-order valence-electron chi connectivity index (χ1n) is 12.9. The van der Waals surface area contributed by atoms with Crippen molar-refractivity contribution in [3.63, 3.8) is 0 Å². The highest BCUT2D eigenvalue weighted by atomic mass is 19.1. The molecule has 5 heterocycles. The average molecular weight is 541 g/mol. The first-order chi connectivity index (χ1) is 18.8. The standard InChI is InChI=1S/C25H26F2N8O4/c26-18-13-5-12(6-14(13)19(27)21-20(18)30-15(7-28)31-21)9-34-3-1-25(2-4-34)11-35(24(37)39-25)16-8-29-23-22(32-16)33-17(36)10-38-23/h8,12H,1-7,9-11,28H2,(H,30,31)(H,32,33,36). The van der Waals surface area contributed by atoms with Gasteiger partial charge in [-0.15, -0.1) is 0 Å². The second-order valence-corrected chi connectivity index (χ2v) is 10.6. The highest BCUT2D eigenvalue weighted by Gasteiger charge is 2.48. The van der Waals surface area contributed by atoms with Crippen LogP contribution in [0.2, 0.25) is 0 Å². The van der Waals surface area contributed by atoms with Crippen molar-refractivity contribution in [1.29, 1.82) is 0 Å². The summed E-state index contributed by atoms with van der Waals surface area (Å²) < 4.78 is 41.4. The molecule has 2 aromatic heterocycles. The predicted octanol–water partition coefficient (Wildman–Crippen LogP) is 1.63. The van der Waals surface area contributed by atoms with E-state index in [-0.39, 0.29) is 53.5 Å². The number of nitrogens with two attached hydrogens (primary N) is 1. The van der Waals surface area contributed by atoms with Gasteiger partial charge in [-0.1, -0.05) is 0 Å². The zero-order valence-electron chi connectivity index (χ0n) is 20.9. The van der Waals surface area contributed by atoms with Gasteiger partial charge < -0.3 is 30.4 Å². The smallest absolute Gasteiger partial charge is 0.416 e. The molecular formula is C25H26F2N8O4. The number of aromatic amines is 1. The Balaban J connectivity index is 1.00. The molecule has 204 valence electrons. The quantitative estimate of drug-likeness (QED) is 0.448. The van der Waals surface area contributed by atoms with Gasteiger partial charge in [-0.2, -0.15) is 0 Å². The summed E-state index contributed by atoms with van der Waals surface area (Å²) in [6, 6.07) is 0. The van der Waals surface area contributed by atoms with Crippen LogP contribution >= 0.6 is 0 Å². The first kappa shape index (κ1) is 24.2. The number of hydrogen-bond acceptors (Lipinski definition) is 9. The maximum Gasteiger partial charge on any atom is 0.416 e. The molecule has 4 aliphatic rings. The summed E-state index contributed by atoms with van der Waals surface area (Å²) in [5.74, 6) is -0.161. The minimum absolute atomic E-state index is 0.0124. The van der Waals surface area contributed by atoms with Crippen molar-refractivity contribution in [2.75, 3.05) is 43.0 Å². The van der Waals surface area contributed by atoms with Gasteiger partial charge in [0.25, 0.3) is 11.8 Å². The fourth-order valence-corrected chi connectivity index (χ4v) is 6.16. The first-order valence-corrected chi connectivity index (χ1v) is 12.9. The van der Waals surface area contributed by atoms with Crippen LogP contribution in [0.4, 0.5) is 25.2 Å². The Morgan fingerprint density at radius 3 is 2.67 bits per heavy atom. The second kappa shape index (κ2) is 8.81. The van der Waals surface area contributed by atoms with E-state index in [4.69, 9.17) is 15.2 Å². The largest absolute Gasteiger partial charge is 0.465 e. The van der Waals surface area contributed by atoms with Crippen molar-refractivity contribution in [3.8, 4) is 5.88 Å². The number of carbonyl (C=O) groups is 2. The molecule has 3 aliphatic heterocycles. The molecule has 7 rings (SSSR count). The molecule has 0 saturated carbocycles. The Morgan fingerprint density at radius 1 is 1.13 bits per heavy atom. The monoisotopic (exact) mass is 540 g/mol. The van der Waals surface area contributed by atoms with Gasteiger partial charge in [-0.25, -0.2) is 28.5 Å². The number of hydrogen-bond donors (Lipinski definition) is 3. The van der Waals surface area contributed by atoms with Gasteiger partial charge in [0.05, 0.1) is 19.3 Å². The number of halogens is 2. The lowest BCUT2D eigenvalue weighted by molar-refractivity contribution is -0.118. The van der Waals surface area contributed by atoms with E-state index in [1.54, 1.807) is 0 Å². The number of anilines is 2. The summed E-state index contributed by atoms with van der Waals surface area (Å²) in [5, 5.41) is 2.60. The molecule has 2 amide bonds. The third-order valence-corrected chi connectivity index (χ3v) is 8.11. The number of benzene rings is 1. The summed E-state index contributed by atoms with van der Waals surface area (Å²) in [7, 11) is 0. The van der Waals surface area contributed by atoms with Crippen LogP contribution in [0.25, 0.3) is 11.0 Å². The molecule has 1 unspecified atom stereocenters. The fourth-order valence-electron chi connectivity index (χ4n) is 6.16. The van der Waals surface area contributed by atoms with Crippen LogP contribution in [0.15, 0.2) is 6.20 Å². The lowest BCUT2D eigenvalue weighted by atomic mass is 9.90. The number of nitrogens with one attached hydrogen (secondary N) is 2. The molecule has 4 N–H and O–H groups in total. The molecule has 2 saturated heterocycles. The highest BCUT2D eigenvalue weighted by Crippen LogP contribution is 2.39. The SMILES string of the molecule is NCc1nc2c(F)c3c(c(F)c2[nH]1)CC(CN1CCC2(CC1)CN(c1cnc4c(n1)NC(=O)CO4)C(=O)O2)C3. The number of amides is 2. The Kier molecular flexibility index (Phi) is 5.46. The number of nitrogens with zero attached hydrogens (tertiary/aromatic N) is 5. The minimum Gasteiger partial charge on any atom is -0.465 e. The fraction of sp³-hybridized carbons (Fsp3) is 0.480. The molecule has 1 spiro atoms. The lowest BCUT2D eigenvalue weighted by Crippen LogP contribution is -2.48. The van der Waals surface area contributed by atoms with Crippen LogP contribution in [0.3, 0.4) is 0 Å². The van der Waals surface area contributed by atoms with E-state index in [2.05, 4.69) is 30.2 Å². The summed E-state index contributed by atoms with van der Waals surface area (Å²) in [6.45, 7) is 2.32. The van der Waals surface area contributed by atoms with E-state index in [1.807, 2.05) is 0 Å². The van der Waals surface area contributed by atoms with Crippen molar-refractivity contribution < 1.29 is 27.8 Å². The van der Waals surface area contributed by atoms with Crippen LogP contribution in [0, 0.1) is 17.6 Å². The number of likely N-dealkylation sites (tertiary alicyclic amines) is 1. The van der Waals surface area contributed by atoms with Crippen molar-refractivity contribution in [1.82, 2.24) is 24.8 Å². The van der Waals surface area contributed by atoms with Gasteiger partial charge in [-0.05, 0) is 29.9 Å². The third-order valence-electron chi connectivity index (χ3n) is 8.11. The number of carbonyl (C=O) groups excluding carboxylic acids is 2. The maximum absolute atomic E-state index is 15.2. The van der Waals surface area contributed by atoms with Gasteiger partial charge in [0, 0.05) is 32.5 Å². The zero-order chi connectivity index (χ0) is 26.9. The number of imidazole rings is 1. The number of aromatic nitrogens is 4. The Bertz CT molecular complexity index is 1470. The molecule has 2 fully saturated rings. The molecule has 3 aromatic rings. The normalized spacial score (nSPS) is 20.7. The topological polar surface area (TPSA) is 152 Å². The van der Waals surface area contributed by atoms with E-state index >= 15 is 8.78 Å². The van der Waals surface area contributed by atoms with Crippen molar-refractivity contribution in [2.24, 2.45) is 11.7 Å². The summed E-state index contributed by atoms with van der Waals surface area (Å²) in [6.07, 6.45) is 3.04. The molecule has 0 radical (unpaired) electrons. The number of H-pyrrole nitrogens is 1. The molecule has 12 nitrogen and oxygen atoms in total. The zero-order valence-corrected chi connectivity index (χ0v) is 20.9. The number of rotatable bonds is 4. The Hall–Kier alpha value is -3.91. The molecule has 1 aliphatic carbocycles. The number of fused-ring (bicyclic) bond motifs is 3. The van der Waals surface area contributed by atoms with Crippen LogP contribution in [0.5, 0.6) is 5.88 Å². The summed E-state index contributed by atoms with van der Waals surface area (Å²) >= 11 is 0. The minimum atomic E-state index is -0.660. The van der Waals surface area contributed by atoms with Gasteiger partial charge in [0.15, 0.2) is 29.9 Å². The molecule has 39 heavy (non-hydrogen) atoms. The van der Waals surface area contributed by atoms with Crippen LogP contribution < -0.4 is 20.7 Å². The van der Waals surface area contributed by atoms with Gasteiger partial charge in [0.2, 0.25) is 0 Å². The Labute approximate surface area is 220 Å². The van der Waals surface area contributed by atoms with Crippen LogP contribution in [-0.4, -0.2) is 75.2 Å². The molecule has 14 heteroatoms. The average Bonchev–Trinajstić information content (AvgIpc) is 3.64. The second-order valence-electron chi connectivity index (χ2n) is 10.6. The number of piperidine rings is 1. The van der Waals surface area contributed by atoms with Crippen molar-refractivity contribution in [2.45, 2.75) is 37.8 Å². The summed E-state index contributed by atoms with van der Waals surface area (Å²) in [5.41, 5.74) is 5.84. The van der Waals surface area contributed by atoms with E-state index in [0.29, 0.717) is 68.8 Å². The number of ether oxygens (including phenoxy) is 2.